The highest BCUT2D eigenvalue weighted by Crippen LogP contribution is 2.26. The molecule has 1 rings (SSSR count). The lowest BCUT2D eigenvalue weighted by atomic mass is 10.1. The van der Waals surface area contributed by atoms with Crippen molar-refractivity contribution < 1.29 is 13.2 Å². The van der Waals surface area contributed by atoms with E-state index in [0.29, 0.717) is 4.99 Å². The van der Waals surface area contributed by atoms with Gasteiger partial charge in [-0.15, -0.1) is 0 Å². The van der Waals surface area contributed by atoms with Crippen molar-refractivity contribution in [1.82, 2.24) is 4.72 Å². The number of sulfonamides is 1. The van der Waals surface area contributed by atoms with Crippen molar-refractivity contribution in [2.24, 2.45) is 11.7 Å². The maximum atomic E-state index is 11.6. The van der Waals surface area contributed by atoms with E-state index in [0.717, 1.165) is 19.3 Å². The SMILES string of the molecule is COCCS(=O)(=O)NC1CCCC1C(N)=S. The van der Waals surface area contributed by atoms with Gasteiger partial charge in [-0.2, -0.15) is 0 Å². The summed E-state index contributed by atoms with van der Waals surface area (Å²) in [5.74, 6) is -0.0309. The Morgan fingerprint density at radius 2 is 2.25 bits per heavy atom. The number of hydrogen-bond acceptors (Lipinski definition) is 4. The predicted octanol–water partition coefficient (Wildman–Crippen LogP) is 0.00700. The van der Waals surface area contributed by atoms with Crippen molar-refractivity contribution in [2.45, 2.75) is 25.3 Å². The standard InChI is InChI=1S/C9H18N2O3S2/c1-14-5-6-16(12,13)11-8-4-2-3-7(8)9(10)15/h7-8,11H,2-6H2,1H3,(H2,10,15). The van der Waals surface area contributed by atoms with Crippen LogP contribution in [0.4, 0.5) is 0 Å². The highest BCUT2D eigenvalue weighted by molar-refractivity contribution is 7.89. The Morgan fingerprint density at radius 1 is 1.56 bits per heavy atom. The molecule has 1 fully saturated rings. The zero-order valence-corrected chi connectivity index (χ0v) is 10.9. The normalized spacial score (nSPS) is 25.8. The molecular formula is C9H18N2O3S2. The lowest BCUT2D eigenvalue weighted by Gasteiger charge is -2.19. The Labute approximate surface area is 102 Å². The molecule has 0 aromatic carbocycles. The maximum absolute atomic E-state index is 11.6. The van der Waals surface area contributed by atoms with E-state index in [-0.39, 0.29) is 24.3 Å². The highest BCUT2D eigenvalue weighted by atomic mass is 32.2. The third kappa shape index (κ3) is 3.97. The Hall–Kier alpha value is -0.240. The zero-order valence-electron chi connectivity index (χ0n) is 9.31. The Morgan fingerprint density at radius 3 is 2.81 bits per heavy atom. The second-order valence-corrected chi connectivity index (χ2v) is 6.32. The second kappa shape index (κ2) is 5.90. The van der Waals surface area contributed by atoms with Crippen LogP contribution in [0.1, 0.15) is 19.3 Å². The van der Waals surface area contributed by atoms with E-state index in [1.807, 2.05) is 0 Å². The Kier molecular flexibility index (Phi) is 5.10. The maximum Gasteiger partial charge on any atom is 0.214 e. The minimum Gasteiger partial charge on any atom is -0.393 e. The van der Waals surface area contributed by atoms with E-state index in [1.54, 1.807) is 0 Å². The minimum absolute atomic E-state index is 0.00711. The summed E-state index contributed by atoms with van der Waals surface area (Å²) in [4.78, 5) is 0.400. The average Bonchev–Trinajstić information content (AvgIpc) is 2.62. The van der Waals surface area contributed by atoms with Gasteiger partial charge >= 0.3 is 0 Å². The lowest BCUT2D eigenvalue weighted by molar-refractivity contribution is 0.216. The van der Waals surface area contributed by atoms with E-state index in [2.05, 4.69) is 4.72 Å². The van der Waals surface area contributed by atoms with E-state index < -0.39 is 10.0 Å². The first kappa shape index (κ1) is 13.8. The van der Waals surface area contributed by atoms with Crippen LogP contribution in [0.15, 0.2) is 0 Å². The van der Waals surface area contributed by atoms with Crippen LogP contribution in [-0.4, -0.2) is 38.9 Å². The summed E-state index contributed by atoms with van der Waals surface area (Å²) in [7, 11) is -1.81. The van der Waals surface area contributed by atoms with E-state index in [4.69, 9.17) is 22.7 Å². The quantitative estimate of drug-likeness (QED) is 0.662. The van der Waals surface area contributed by atoms with Gasteiger partial charge in [-0.1, -0.05) is 18.6 Å². The zero-order chi connectivity index (χ0) is 12.2. The predicted molar refractivity (Wildman–Crippen MR) is 66.7 cm³/mol. The van der Waals surface area contributed by atoms with Crippen LogP contribution in [0.2, 0.25) is 0 Å². The van der Waals surface area contributed by atoms with Gasteiger partial charge < -0.3 is 10.5 Å². The van der Waals surface area contributed by atoms with Crippen LogP contribution < -0.4 is 10.5 Å². The molecule has 94 valence electrons. The molecule has 16 heavy (non-hydrogen) atoms. The molecule has 2 atom stereocenters. The van der Waals surface area contributed by atoms with Crippen LogP contribution in [0.3, 0.4) is 0 Å². The summed E-state index contributed by atoms with van der Waals surface area (Å²) in [5.41, 5.74) is 5.58. The van der Waals surface area contributed by atoms with Gasteiger partial charge in [0.1, 0.15) is 0 Å². The molecule has 1 aliphatic carbocycles. The fraction of sp³-hybridized carbons (Fsp3) is 0.889. The molecule has 0 aliphatic heterocycles. The van der Waals surface area contributed by atoms with Gasteiger partial charge in [0.05, 0.1) is 17.3 Å². The molecular weight excluding hydrogens is 248 g/mol. The van der Waals surface area contributed by atoms with Crippen molar-refractivity contribution in [3.63, 3.8) is 0 Å². The molecule has 0 aromatic heterocycles. The van der Waals surface area contributed by atoms with Gasteiger partial charge in [0.2, 0.25) is 10.0 Å². The largest absolute Gasteiger partial charge is 0.393 e. The molecule has 0 heterocycles. The number of rotatable bonds is 6. The van der Waals surface area contributed by atoms with Gasteiger partial charge in [-0.25, -0.2) is 13.1 Å². The Bertz CT molecular complexity index is 343. The molecule has 1 saturated carbocycles. The first-order chi connectivity index (χ1) is 7.46. The molecule has 0 radical (unpaired) electrons. The van der Waals surface area contributed by atoms with Gasteiger partial charge in [0.15, 0.2) is 0 Å². The fourth-order valence-electron chi connectivity index (χ4n) is 1.92. The third-order valence-electron chi connectivity index (χ3n) is 2.77. The van der Waals surface area contributed by atoms with Crippen LogP contribution in [0, 0.1) is 5.92 Å². The molecule has 0 aromatic rings. The van der Waals surface area contributed by atoms with Crippen molar-refractivity contribution >= 4 is 27.2 Å². The highest BCUT2D eigenvalue weighted by Gasteiger charge is 2.32. The smallest absolute Gasteiger partial charge is 0.214 e. The fourth-order valence-corrected chi connectivity index (χ4v) is 3.45. The minimum atomic E-state index is -3.28. The monoisotopic (exact) mass is 266 g/mol. The number of ether oxygens (including phenoxy) is 1. The number of thiocarbonyl (C=S) groups is 1. The lowest BCUT2D eigenvalue weighted by Crippen LogP contribution is -2.43. The second-order valence-electron chi connectivity index (χ2n) is 3.98. The van der Waals surface area contributed by atoms with Crippen LogP contribution in [0.25, 0.3) is 0 Å². The third-order valence-corrected chi connectivity index (χ3v) is 4.44. The molecule has 2 unspecified atom stereocenters. The van der Waals surface area contributed by atoms with Crippen molar-refractivity contribution in [3.05, 3.63) is 0 Å². The van der Waals surface area contributed by atoms with Gasteiger partial charge in [0.25, 0.3) is 0 Å². The van der Waals surface area contributed by atoms with Crippen LogP contribution in [-0.2, 0) is 14.8 Å². The van der Waals surface area contributed by atoms with E-state index >= 15 is 0 Å². The van der Waals surface area contributed by atoms with Gasteiger partial charge in [0, 0.05) is 19.1 Å². The summed E-state index contributed by atoms with van der Waals surface area (Å²) in [6.07, 6.45) is 2.63. The first-order valence-electron chi connectivity index (χ1n) is 5.24. The van der Waals surface area contributed by atoms with Crippen LogP contribution in [0.5, 0.6) is 0 Å². The van der Waals surface area contributed by atoms with Crippen molar-refractivity contribution in [2.75, 3.05) is 19.5 Å². The van der Waals surface area contributed by atoms with E-state index in [9.17, 15) is 8.42 Å². The number of nitrogens with one attached hydrogen (secondary N) is 1. The molecule has 0 bridgehead atoms. The molecule has 5 nitrogen and oxygen atoms in total. The topological polar surface area (TPSA) is 81.4 Å². The molecule has 7 heteroatoms. The molecule has 0 spiro atoms. The first-order valence-corrected chi connectivity index (χ1v) is 7.30. The Balaban J connectivity index is 2.56. The number of nitrogens with two attached hydrogens (primary N) is 1. The van der Waals surface area contributed by atoms with Crippen LogP contribution >= 0.6 is 12.2 Å². The van der Waals surface area contributed by atoms with Crippen molar-refractivity contribution in [1.29, 1.82) is 0 Å². The van der Waals surface area contributed by atoms with Gasteiger partial charge in [-0.05, 0) is 12.8 Å². The summed E-state index contributed by atoms with van der Waals surface area (Å²) in [6, 6.07) is -0.139. The summed E-state index contributed by atoms with van der Waals surface area (Å²) >= 11 is 4.93. The molecule has 0 saturated heterocycles. The summed E-state index contributed by atoms with van der Waals surface area (Å²) < 4.78 is 30.7. The molecule has 1 aliphatic rings. The van der Waals surface area contributed by atoms with Crippen molar-refractivity contribution in [3.8, 4) is 0 Å². The number of methoxy groups -OCH3 is 1. The summed E-state index contributed by atoms with van der Waals surface area (Å²) in [6.45, 7) is 0.194. The van der Waals surface area contributed by atoms with Gasteiger partial charge in [-0.3, -0.25) is 0 Å². The molecule has 0 amide bonds. The molecule has 3 N–H and O–H groups in total. The average molecular weight is 266 g/mol. The van der Waals surface area contributed by atoms with E-state index in [1.165, 1.54) is 7.11 Å². The summed E-state index contributed by atoms with van der Waals surface area (Å²) in [5, 5.41) is 0. The number of hydrogen-bond donors (Lipinski definition) is 2.